The zero-order valence-corrected chi connectivity index (χ0v) is 34.9. The van der Waals surface area contributed by atoms with Crippen molar-refractivity contribution in [2.75, 3.05) is 5.73 Å². The van der Waals surface area contributed by atoms with E-state index in [4.69, 9.17) is 49.8 Å². The number of rotatable bonds is 5. The molecular formula is C40H41B2BrCl3N6O6. The highest BCUT2D eigenvalue weighted by molar-refractivity contribution is 9.10. The SMILES string of the molecule is Brc1ccccn1.C.CC1(C)OB(c2cc([N+](=O)[O-])ccc2Cl)OC1(C)C.Nc1ccc(Cl)c(-c2ccccn2)c1.O=[N+]([O-])c1ccc(Cl)c(-c2ccccn2)c1.[2HH].[B]. The molecule has 7 rings (SSSR count). The largest absolute Gasteiger partial charge is 0.496 e. The monoisotopic (exact) mass is 908 g/mol. The van der Waals surface area contributed by atoms with Crippen LogP contribution in [-0.4, -0.2) is 51.5 Å². The van der Waals surface area contributed by atoms with Gasteiger partial charge in [0.25, 0.3) is 11.4 Å². The second-order valence-corrected chi connectivity index (χ2v) is 14.8. The predicted molar refractivity (Wildman–Crippen MR) is 241 cm³/mol. The topological polar surface area (TPSA) is 169 Å². The third-order valence-electron chi connectivity index (χ3n) is 8.36. The van der Waals surface area contributed by atoms with Crippen molar-refractivity contribution in [1.29, 1.82) is 0 Å². The van der Waals surface area contributed by atoms with Gasteiger partial charge in [0.2, 0.25) is 0 Å². The minimum atomic E-state index is -0.697. The molecule has 18 heteroatoms. The lowest BCUT2D eigenvalue weighted by Crippen LogP contribution is -2.41. The first-order valence-electron chi connectivity index (χ1n) is 16.7. The molecule has 1 fully saturated rings. The fourth-order valence-electron chi connectivity index (χ4n) is 4.74. The Morgan fingerprint density at radius 2 is 1.09 bits per heavy atom. The van der Waals surface area contributed by atoms with Crippen LogP contribution >= 0.6 is 50.7 Å². The van der Waals surface area contributed by atoms with E-state index in [2.05, 4.69) is 30.9 Å². The fraction of sp³-hybridized carbons (Fsp3) is 0.175. The van der Waals surface area contributed by atoms with E-state index in [1.807, 2.05) is 70.2 Å². The summed E-state index contributed by atoms with van der Waals surface area (Å²) in [6.45, 7) is 7.66. The summed E-state index contributed by atoms with van der Waals surface area (Å²) in [5.41, 5.74) is 8.70. The number of nitrogens with two attached hydrogens (primary N) is 1. The van der Waals surface area contributed by atoms with Crippen LogP contribution in [0.1, 0.15) is 36.5 Å². The molecule has 0 saturated carbocycles. The Morgan fingerprint density at radius 1 is 0.655 bits per heavy atom. The van der Waals surface area contributed by atoms with Crippen LogP contribution in [0, 0.1) is 20.2 Å². The summed E-state index contributed by atoms with van der Waals surface area (Å²) in [4.78, 5) is 32.7. The van der Waals surface area contributed by atoms with E-state index in [1.165, 1.54) is 36.4 Å². The van der Waals surface area contributed by atoms with Gasteiger partial charge in [0, 0.05) is 80.0 Å². The Labute approximate surface area is 364 Å². The number of pyridine rings is 3. The molecule has 0 unspecified atom stereocenters. The van der Waals surface area contributed by atoms with Gasteiger partial charge >= 0.3 is 7.12 Å². The van der Waals surface area contributed by atoms with E-state index in [0.717, 1.165) is 15.9 Å². The highest BCUT2D eigenvalue weighted by atomic mass is 79.9. The van der Waals surface area contributed by atoms with E-state index in [9.17, 15) is 20.2 Å². The van der Waals surface area contributed by atoms with Crippen molar-refractivity contribution < 1.29 is 20.6 Å². The normalized spacial score (nSPS) is 13.0. The number of aromatic nitrogens is 3. The molecule has 3 aromatic heterocycles. The molecule has 2 N–H and O–H groups in total. The van der Waals surface area contributed by atoms with Crippen LogP contribution in [0.3, 0.4) is 0 Å². The van der Waals surface area contributed by atoms with Crippen LogP contribution in [-0.2, 0) is 9.31 Å². The molecule has 1 aliphatic rings. The van der Waals surface area contributed by atoms with Crippen LogP contribution in [0.25, 0.3) is 22.5 Å². The summed E-state index contributed by atoms with van der Waals surface area (Å²) in [6.07, 6.45) is 5.09. The minimum absolute atomic E-state index is 0. The summed E-state index contributed by atoms with van der Waals surface area (Å²) in [6, 6.07) is 30.6. The summed E-state index contributed by atoms with van der Waals surface area (Å²) in [5.74, 6) is 0. The molecule has 0 amide bonds. The number of nitrogens with zero attached hydrogens (tertiary/aromatic N) is 5. The number of hydrogen-bond donors (Lipinski definition) is 1. The number of hydrogen-bond acceptors (Lipinski definition) is 10. The molecule has 1 saturated heterocycles. The Bertz CT molecular complexity index is 2260. The lowest BCUT2D eigenvalue weighted by Gasteiger charge is -2.32. The standard InChI is InChI=1S/C12H15BClNO4.C11H7ClN2O2.C11H9ClN2.C5H4BrN.CH4.B.H2/c1-11(2)12(3,4)19-13(18-11)9-7-8(15(16)17)5-6-10(9)14;12-10-5-4-8(14(15)16)7-9(10)11-3-1-2-6-13-11;12-10-5-4-8(13)7-9(10)11-3-1-2-6-14-11;6-5-3-1-2-4-7-5;;;/h5-7H,1-4H3;1-7H;1-7H,13H2;1-4H;1H4;;1H/i;;;;;;1+1. The van der Waals surface area contributed by atoms with Crippen molar-refractivity contribution in [1.82, 2.24) is 15.0 Å². The second kappa shape index (κ2) is 22.3. The van der Waals surface area contributed by atoms with Crippen molar-refractivity contribution in [2.24, 2.45) is 0 Å². The lowest BCUT2D eigenvalue weighted by atomic mass is 9.79. The molecule has 0 bridgehead atoms. The van der Waals surface area contributed by atoms with Crippen molar-refractivity contribution in [2.45, 2.75) is 46.3 Å². The van der Waals surface area contributed by atoms with E-state index < -0.39 is 28.2 Å². The maximum atomic E-state index is 10.8. The van der Waals surface area contributed by atoms with Gasteiger partial charge < -0.3 is 15.0 Å². The molecule has 0 aliphatic carbocycles. The minimum Gasteiger partial charge on any atom is -0.399 e. The fourth-order valence-corrected chi connectivity index (χ4v) is 5.65. The van der Waals surface area contributed by atoms with E-state index in [0.29, 0.717) is 37.5 Å². The average molecular weight is 911 g/mol. The van der Waals surface area contributed by atoms with Gasteiger partial charge in [0.1, 0.15) is 4.60 Å². The Balaban J connectivity index is 0.000000402. The first kappa shape index (κ1) is 49.3. The van der Waals surface area contributed by atoms with Crippen LogP contribution in [0.2, 0.25) is 15.1 Å². The number of nitro groups is 2. The molecule has 0 atom stereocenters. The number of nitro benzene ring substituents is 2. The van der Waals surface area contributed by atoms with Crippen LogP contribution in [0.5, 0.6) is 0 Å². The van der Waals surface area contributed by atoms with Crippen LogP contribution in [0.4, 0.5) is 17.1 Å². The maximum absolute atomic E-state index is 10.8. The lowest BCUT2D eigenvalue weighted by molar-refractivity contribution is -0.385. The Kier molecular flexibility index (Phi) is 18.9. The summed E-state index contributed by atoms with van der Waals surface area (Å²) >= 11 is 21.3. The van der Waals surface area contributed by atoms with Crippen LogP contribution < -0.4 is 11.2 Å². The molecule has 6 aromatic rings. The molecule has 301 valence electrons. The summed E-state index contributed by atoms with van der Waals surface area (Å²) < 4.78 is 12.6. The van der Waals surface area contributed by atoms with E-state index in [1.54, 1.807) is 48.9 Å². The third-order valence-corrected chi connectivity index (χ3v) is 9.83. The van der Waals surface area contributed by atoms with Gasteiger partial charge in [0.05, 0.1) is 42.5 Å². The highest BCUT2D eigenvalue weighted by Gasteiger charge is 2.52. The average Bonchev–Trinajstić information content (AvgIpc) is 3.40. The van der Waals surface area contributed by atoms with Gasteiger partial charge in [-0.15, -0.1) is 0 Å². The molecule has 3 aromatic carbocycles. The molecular weight excluding hydrogens is 868 g/mol. The maximum Gasteiger partial charge on any atom is 0.496 e. The highest BCUT2D eigenvalue weighted by Crippen LogP contribution is 2.37. The van der Waals surface area contributed by atoms with Gasteiger partial charge in [-0.2, -0.15) is 0 Å². The van der Waals surface area contributed by atoms with Crippen molar-refractivity contribution in [3.63, 3.8) is 0 Å². The zero-order valence-electron chi connectivity index (χ0n) is 31.1. The molecule has 0 spiro atoms. The number of benzene rings is 3. The molecule has 3 radical (unpaired) electrons. The first-order chi connectivity index (χ1) is 26.5. The van der Waals surface area contributed by atoms with Crippen molar-refractivity contribution in [3.8, 4) is 22.5 Å². The second-order valence-electron chi connectivity index (χ2n) is 12.8. The molecule has 12 nitrogen and oxygen atoms in total. The quantitative estimate of drug-likeness (QED) is 0.0577. The Hall–Kier alpha value is -4.89. The number of non-ortho nitro benzene ring substituents is 2. The smallest absolute Gasteiger partial charge is 0.399 e. The number of halogens is 4. The summed E-state index contributed by atoms with van der Waals surface area (Å²) in [7, 11) is -0.697. The van der Waals surface area contributed by atoms with Gasteiger partial charge in [0.15, 0.2) is 0 Å². The van der Waals surface area contributed by atoms with Gasteiger partial charge in [-0.1, -0.05) is 60.4 Å². The molecule has 1 aliphatic heterocycles. The van der Waals surface area contributed by atoms with Gasteiger partial charge in [-0.05, 0) is 110 Å². The third kappa shape index (κ3) is 13.6. The summed E-state index contributed by atoms with van der Waals surface area (Å²) in [5, 5.41) is 23.0. The number of nitrogen functional groups attached to an aromatic ring is 1. The van der Waals surface area contributed by atoms with Gasteiger partial charge in [-0.25, -0.2) is 4.98 Å². The van der Waals surface area contributed by atoms with Crippen molar-refractivity contribution in [3.05, 3.63) is 168 Å². The first-order valence-corrected chi connectivity index (χ1v) is 18.6. The van der Waals surface area contributed by atoms with Crippen LogP contribution in [0.15, 0.2) is 132 Å². The predicted octanol–water partition coefficient (Wildman–Crippen LogP) is 11.2. The van der Waals surface area contributed by atoms with Crippen molar-refractivity contribution >= 4 is 88.8 Å². The number of anilines is 1. The van der Waals surface area contributed by atoms with E-state index in [-0.39, 0.29) is 28.6 Å². The Morgan fingerprint density at radius 3 is 1.50 bits per heavy atom. The molecule has 4 heterocycles. The van der Waals surface area contributed by atoms with E-state index >= 15 is 0 Å². The zero-order chi connectivity index (χ0) is 41.0. The van der Waals surface area contributed by atoms with Gasteiger partial charge in [-0.3, -0.25) is 30.2 Å². The molecule has 58 heavy (non-hydrogen) atoms.